The molecule has 166 valence electrons. The van der Waals surface area contributed by atoms with Crippen LogP contribution in [0.5, 0.6) is 5.75 Å². The highest BCUT2D eigenvalue weighted by atomic mass is 32.2. The quantitative estimate of drug-likeness (QED) is 0.666. The number of pyridine rings is 1. The first-order chi connectivity index (χ1) is 15.5. The Morgan fingerprint density at radius 1 is 1.16 bits per heavy atom. The number of thioether (sulfide) groups is 1. The van der Waals surface area contributed by atoms with Crippen LogP contribution in [0.4, 0.5) is 10.6 Å². The lowest BCUT2D eigenvalue weighted by Crippen LogP contribution is -2.30. The number of anilines is 1. The van der Waals surface area contributed by atoms with Gasteiger partial charge in [0.05, 0.1) is 11.1 Å². The summed E-state index contributed by atoms with van der Waals surface area (Å²) in [6.45, 7) is 5.48. The minimum absolute atomic E-state index is 0.377. The third-order valence-corrected chi connectivity index (χ3v) is 6.41. The number of likely N-dealkylation sites (N-methyl/N-ethyl adjacent to an activating group) is 1. The topological polar surface area (TPSA) is 119 Å². The Labute approximate surface area is 192 Å². The van der Waals surface area contributed by atoms with Gasteiger partial charge in [-0.15, -0.1) is 11.8 Å². The molecule has 1 aromatic carbocycles. The van der Waals surface area contributed by atoms with Crippen molar-refractivity contribution in [3.8, 4) is 17.9 Å². The lowest BCUT2D eigenvalue weighted by Gasteiger charge is -2.25. The molecule has 0 unspecified atom stereocenters. The number of hydrogen-bond acceptors (Lipinski definition) is 8. The SMILES string of the molecule is CCc1c(C#N)c(SCc2ccc(OC(N)=O)cc2)nc(N2CCCN(C)CC2)c1C#N. The molecule has 0 spiro atoms. The average Bonchev–Trinajstić information content (AvgIpc) is 3.01. The summed E-state index contributed by atoms with van der Waals surface area (Å²) in [6, 6.07) is 11.6. The molecule has 1 aromatic heterocycles. The molecule has 9 heteroatoms. The van der Waals surface area contributed by atoms with Crippen molar-refractivity contribution in [2.75, 3.05) is 38.1 Å². The molecular formula is C23H26N6O2S. The first-order valence-corrected chi connectivity index (χ1v) is 11.4. The summed E-state index contributed by atoms with van der Waals surface area (Å²) in [5, 5.41) is 20.4. The molecule has 32 heavy (non-hydrogen) atoms. The molecule has 1 fully saturated rings. The van der Waals surface area contributed by atoms with Gasteiger partial charge in [0.1, 0.15) is 28.7 Å². The van der Waals surface area contributed by atoms with Gasteiger partial charge in [-0.2, -0.15) is 10.5 Å². The molecule has 8 nitrogen and oxygen atoms in total. The first-order valence-electron chi connectivity index (χ1n) is 10.5. The number of benzene rings is 1. The number of primary amides is 1. The maximum atomic E-state index is 10.9. The van der Waals surface area contributed by atoms with Crippen molar-refractivity contribution in [2.45, 2.75) is 30.5 Å². The van der Waals surface area contributed by atoms with E-state index in [1.54, 1.807) is 12.1 Å². The Hall–Kier alpha value is -3.27. The zero-order chi connectivity index (χ0) is 23.1. The highest BCUT2D eigenvalue weighted by Crippen LogP contribution is 2.34. The molecule has 2 heterocycles. The van der Waals surface area contributed by atoms with E-state index >= 15 is 0 Å². The van der Waals surface area contributed by atoms with Crippen molar-refractivity contribution >= 4 is 23.7 Å². The van der Waals surface area contributed by atoms with Gasteiger partial charge < -0.3 is 20.3 Å². The smallest absolute Gasteiger partial charge is 0.409 e. The summed E-state index contributed by atoms with van der Waals surface area (Å²) in [6.07, 6.45) is 0.723. The van der Waals surface area contributed by atoms with Gasteiger partial charge in [0.25, 0.3) is 0 Å². The van der Waals surface area contributed by atoms with Gasteiger partial charge in [-0.3, -0.25) is 0 Å². The van der Waals surface area contributed by atoms with Crippen LogP contribution in [0.3, 0.4) is 0 Å². The van der Waals surface area contributed by atoms with E-state index in [9.17, 15) is 15.3 Å². The molecule has 0 atom stereocenters. The van der Waals surface area contributed by atoms with Crippen LogP contribution in [-0.2, 0) is 12.2 Å². The number of carbonyl (C=O) groups is 1. The molecule has 3 rings (SSSR count). The normalized spacial score (nSPS) is 14.3. The van der Waals surface area contributed by atoms with Crippen molar-refractivity contribution in [2.24, 2.45) is 5.73 Å². The molecule has 0 aliphatic carbocycles. The number of nitrogens with two attached hydrogens (primary N) is 1. The van der Waals surface area contributed by atoms with E-state index in [0.29, 0.717) is 39.9 Å². The lowest BCUT2D eigenvalue weighted by molar-refractivity contribution is 0.211. The average molecular weight is 451 g/mol. The molecule has 0 radical (unpaired) electrons. The van der Waals surface area contributed by atoms with Crippen molar-refractivity contribution in [1.82, 2.24) is 9.88 Å². The second-order valence-electron chi connectivity index (χ2n) is 7.54. The summed E-state index contributed by atoms with van der Waals surface area (Å²) in [5.41, 5.74) is 7.75. The van der Waals surface area contributed by atoms with Gasteiger partial charge in [-0.1, -0.05) is 19.1 Å². The van der Waals surface area contributed by atoms with Gasteiger partial charge in [0.15, 0.2) is 0 Å². The number of nitriles is 2. The molecule has 1 aliphatic rings. The van der Waals surface area contributed by atoms with E-state index in [4.69, 9.17) is 15.5 Å². The molecule has 0 saturated carbocycles. The van der Waals surface area contributed by atoms with Crippen LogP contribution in [0.1, 0.15) is 35.6 Å². The predicted octanol–water partition coefficient (Wildman–Crippen LogP) is 3.28. The summed E-state index contributed by atoms with van der Waals surface area (Å²) < 4.78 is 4.86. The third kappa shape index (κ3) is 5.50. The van der Waals surface area contributed by atoms with Crippen LogP contribution in [0.2, 0.25) is 0 Å². The zero-order valence-electron chi connectivity index (χ0n) is 18.3. The summed E-state index contributed by atoms with van der Waals surface area (Å²) in [5.74, 6) is 1.63. The van der Waals surface area contributed by atoms with E-state index in [-0.39, 0.29) is 0 Å². The molecule has 1 amide bonds. The van der Waals surface area contributed by atoms with Crippen molar-refractivity contribution in [3.63, 3.8) is 0 Å². The van der Waals surface area contributed by atoms with Crippen LogP contribution in [0, 0.1) is 22.7 Å². The second kappa shape index (κ2) is 10.9. The minimum atomic E-state index is -0.855. The maximum absolute atomic E-state index is 10.9. The first kappa shape index (κ1) is 23.4. The molecule has 2 aromatic rings. The van der Waals surface area contributed by atoms with E-state index in [0.717, 1.165) is 43.7 Å². The lowest BCUT2D eigenvalue weighted by atomic mass is 10.0. The van der Waals surface area contributed by atoms with E-state index in [1.807, 2.05) is 19.1 Å². The monoisotopic (exact) mass is 450 g/mol. The van der Waals surface area contributed by atoms with Crippen LogP contribution in [0.15, 0.2) is 29.3 Å². The van der Waals surface area contributed by atoms with Crippen molar-refractivity contribution in [1.29, 1.82) is 10.5 Å². The Morgan fingerprint density at radius 2 is 1.88 bits per heavy atom. The zero-order valence-corrected chi connectivity index (χ0v) is 19.1. The van der Waals surface area contributed by atoms with Crippen LogP contribution >= 0.6 is 11.8 Å². The number of carbonyl (C=O) groups excluding carboxylic acids is 1. The predicted molar refractivity (Wildman–Crippen MR) is 124 cm³/mol. The fourth-order valence-corrected chi connectivity index (χ4v) is 4.66. The van der Waals surface area contributed by atoms with Crippen LogP contribution in [0.25, 0.3) is 0 Å². The number of hydrogen-bond donors (Lipinski definition) is 1. The van der Waals surface area contributed by atoms with E-state index < -0.39 is 6.09 Å². The van der Waals surface area contributed by atoms with E-state index in [2.05, 4.69) is 29.0 Å². The maximum Gasteiger partial charge on any atom is 0.409 e. The largest absolute Gasteiger partial charge is 0.411 e. The number of rotatable bonds is 6. The number of amides is 1. The fraction of sp³-hybridized carbons (Fsp3) is 0.391. The number of aromatic nitrogens is 1. The second-order valence-corrected chi connectivity index (χ2v) is 8.51. The standard InChI is InChI=1S/C23H26N6O2S/c1-3-18-19(13-24)21(29-10-4-9-28(2)11-12-29)27-22(20(18)14-25)32-15-16-5-7-17(8-6-16)31-23(26)30/h5-8H,3-4,9-12,15H2,1-2H3,(H2,26,30). The molecular weight excluding hydrogens is 424 g/mol. The highest BCUT2D eigenvalue weighted by Gasteiger charge is 2.24. The summed E-state index contributed by atoms with van der Waals surface area (Å²) in [7, 11) is 2.10. The number of nitrogens with zero attached hydrogens (tertiary/aromatic N) is 5. The van der Waals surface area contributed by atoms with Gasteiger partial charge in [0.2, 0.25) is 0 Å². The Bertz CT molecular complexity index is 1060. The van der Waals surface area contributed by atoms with E-state index in [1.165, 1.54) is 11.8 Å². The molecule has 1 saturated heterocycles. The van der Waals surface area contributed by atoms with Crippen LogP contribution < -0.4 is 15.4 Å². The van der Waals surface area contributed by atoms with Crippen molar-refractivity contribution in [3.05, 3.63) is 46.5 Å². The Morgan fingerprint density at radius 3 is 2.50 bits per heavy atom. The van der Waals surface area contributed by atoms with Gasteiger partial charge in [-0.05, 0) is 49.7 Å². The highest BCUT2D eigenvalue weighted by molar-refractivity contribution is 7.98. The van der Waals surface area contributed by atoms with Crippen LogP contribution in [-0.4, -0.2) is 49.2 Å². The summed E-state index contributed by atoms with van der Waals surface area (Å²) in [4.78, 5) is 20.1. The third-order valence-electron chi connectivity index (χ3n) is 5.36. The molecule has 2 N–H and O–H groups in total. The Balaban J connectivity index is 1.91. The van der Waals surface area contributed by atoms with Gasteiger partial charge in [-0.25, -0.2) is 9.78 Å². The van der Waals surface area contributed by atoms with Crippen molar-refractivity contribution < 1.29 is 9.53 Å². The molecule has 1 aliphatic heterocycles. The minimum Gasteiger partial charge on any atom is -0.411 e. The van der Waals surface area contributed by atoms with Gasteiger partial charge >= 0.3 is 6.09 Å². The summed E-state index contributed by atoms with van der Waals surface area (Å²) >= 11 is 1.46. The Kier molecular flexibility index (Phi) is 7.93. The molecule has 0 bridgehead atoms. The number of ether oxygens (including phenoxy) is 1. The fourth-order valence-electron chi connectivity index (χ4n) is 3.70. The van der Waals surface area contributed by atoms with Gasteiger partial charge in [0, 0.05) is 25.4 Å².